The van der Waals surface area contributed by atoms with E-state index in [4.69, 9.17) is 14.1 Å². The van der Waals surface area contributed by atoms with Gasteiger partial charge in [0.15, 0.2) is 5.16 Å². The van der Waals surface area contributed by atoms with Gasteiger partial charge in [-0.25, -0.2) is 13.4 Å². The van der Waals surface area contributed by atoms with Crippen molar-refractivity contribution < 1.29 is 17.6 Å². The van der Waals surface area contributed by atoms with Gasteiger partial charge >= 0.3 is 0 Å². The first-order valence-electron chi connectivity index (χ1n) is 10.6. The first kappa shape index (κ1) is 22.1. The molecule has 0 aliphatic carbocycles. The van der Waals surface area contributed by atoms with Crippen molar-refractivity contribution in [2.45, 2.75) is 29.3 Å². The first-order valence-corrected chi connectivity index (χ1v) is 13.1. The van der Waals surface area contributed by atoms with Gasteiger partial charge in [-0.15, -0.1) is 10.2 Å². The van der Waals surface area contributed by atoms with Crippen molar-refractivity contribution in [2.24, 2.45) is 0 Å². The zero-order valence-electron chi connectivity index (χ0n) is 18.0. The number of aromatic nitrogens is 4. The molecule has 0 radical (unpaired) electrons. The zero-order chi connectivity index (χ0) is 22.8. The van der Waals surface area contributed by atoms with Crippen molar-refractivity contribution in [1.29, 1.82) is 0 Å². The van der Waals surface area contributed by atoms with Gasteiger partial charge < -0.3 is 13.7 Å². The number of fused-ring (bicyclic) bond motifs is 1. The largest absolute Gasteiger partial charge is 0.420 e. The summed E-state index contributed by atoms with van der Waals surface area (Å²) in [5, 5.41) is 9.05. The third-order valence-electron chi connectivity index (χ3n) is 5.42. The second-order valence-electron chi connectivity index (χ2n) is 7.46. The number of nitrogens with zero attached hydrogens (tertiary/aromatic N) is 5. The summed E-state index contributed by atoms with van der Waals surface area (Å²) in [5.41, 5.74) is 2.40. The molecule has 5 rings (SSSR count). The maximum Gasteiger partial charge on any atom is 0.247 e. The number of morpholine rings is 1. The second-order valence-corrected chi connectivity index (χ2v) is 10.3. The average Bonchev–Trinajstić information content (AvgIpc) is 3.47. The van der Waals surface area contributed by atoms with Crippen LogP contribution in [0.4, 0.5) is 0 Å². The summed E-state index contributed by atoms with van der Waals surface area (Å²) < 4.78 is 40.6. The van der Waals surface area contributed by atoms with Crippen molar-refractivity contribution in [3.8, 4) is 11.5 Å². The van der Waals surface area contributed by atoms with Crippen LogP contribution in [0.5, 0.6) is 0 Å². The predicted octanol–water partition coefficient (Wildman–Crippen LogP) is 3.42. The highest BCUT2D eigenvalue weighted by Gasteiger charge is 2.27. The summed E-state index contributed by atoms with van der Waals surface area (Å²) in [5.74, 6) is 1.44. The van der Waals surface area contributed by atoms with Crippen LogP contribution in [-0.4, -0.2) is 58.8 Å². The van der Waals surface area contributed by atoms with E-state index in [0.29, 0.717) is 55.9 Å². The molecular formula is C22H23N5O4S2. The van der Waals surface area contributed by atoms with Gasteiger partial charge in [0.2, 0.25) is 21.8 Å². The van der Waals surface area contributed by atoms with E-state index in [1.807, 2.05) is 43.3 Å². The fourth-order valence-corrected chi connectivity index (χ4v) is 6.08. The summed E-state index contributed by atoms with van der Waals surface area (Å²) in [6.45, 7) is 4.28. The van der Waals surface area contributed by atoms with Crippen molar-refractivity contribution in [3.63, 3.8) is 0 Å². The molecule has 0 unspecified atom stereocenters. The van der Waals surface area contributed by atoms with Crippen LogP contribution < -0.4 is 0 Å². The number of sulfonamides is 1. The predicted molar refractivity (Wildman–Crippen MR) is 124 cm³/mol. The highest BCUT2D eigenvalue weighted by atomic mass is 32.2. The summed E-state index contributed by atoms with van der Waals surface area (Å²) in [7, 11) is -3.58. The Balaban J connectivity index is 1.38. The minimum atomic E-state index is -3.58. The van der Waals surface area contributed by atoms with Crippen LogP contribution in [0.25, 0.3) is 22.5 Å². The van der Waals surface area contributed by atoms with Crippen molar-refractivity contribution in [2.75, 3.05) is 26.3 Å². The molecule has 2 aromatic heterocycles. The van der Waals surface area contributed by atoms with E-state index in [2.05, 4.69) is 14.8 Å². The maximum atomic E-state index is 13.0. The Morgan fingerprint density at radius 2 is 1.85 bits per heavy atom. The Morgan fingerprint density at radius 1 is 1.06 bits per heavy atom. The summed E-state index contributed by atoms with van der Waals surface area (Å²) >= 11 is 1.48. The number of hydrogen-bond donors (Lipinski definition) is 0. The average molecular weight is 486 g/mol. The fraction of sp³-hybridized carbons (Fsp3) is 0.318. The van der Waals surface area contributed by atoms with E-state index < -0.39 is 10.0 Å². The Hall–Kier alpha value is -2.73. The highest BCUT2D eigenvalue weighted by Crippen LogP contribution is 2.29. The quantitative estimate of drug-likeness (QED) is 0.367. The number of benzene rings is 2. The molecule has 1 saturated heterocycles. The Morgan fingerprint density at radius 3 is 2.61 bits per heavy atom. The molecule has 3 heterocycles. The molecule has 9 nitrogen and oxygen atoms in total. The van der Waals surface area contributed by atoms with Gasteiger partial charge in [0.25, 0.3) is 0 Å². The fourth-order valence-electron chi connectivity index (χ4n) is 3.74. The molecule has 0 N–H and O–H groups in total. The molecule has 172 valence electrons. The SMILES string of the molecule is CCn1c(SCc2nnc(-c3ccccc3)o2)nc2cc(S(=O)(=O)N3CCOCC3)ccc21. The second kappa shape index (κ2) is 9.26. The molecular weight excluding hydrogens is 462 g/mol. The van der Waals surface area contributed by atoms with Crippen LogP contribution in [0.2, 0.25) is 0 Å². The van der Waals surface area contributed by atoms with E-state index in [1.54, 1.807) is 12.1 Å². The van der Waals surface area contributed by atoms with E-state index in [9.17, 15) is 8.42 Å². The number of aryl methyl sites for hydroxylation is 1. The molecule has 0 saturated carbocycles. The van der Waals surface area contributed by atoms with Gasteiger partial charge in [-0.3, -0.25) is 0 Å². The topological polar surface area (TPSA) is 103 Å². The van der Waals surface area contributed by atoms with Crippen molar-refractivity contribution >= 4 is 32.8 Å². The van der Waals surface area contributed by atoms with Gasteiger partial charge in [-0.1, -0.05) is 30.0 Å². The molecule has 11 heteroatoms. The minimum Gasteiger partial charge on any atom is -0.420 e. The van der Waals surface area contributed by atoms with E-state index in [-0.39, 0.29) is 4.90 Å². The van der Waals surface area contributed by atoms with E-state index in [0.717, 1.165) is 16.2 Å². The lowest BCUT2D eigenvalue weighted by Crippen LogP contribution is -2.40. The number of rotatable bonds is 7. The highest BCUT2D eigenvalue weighted by molar-refractivity contribution is 7.98. The third kappa shape index (κ3) is 4.41. The van der Waals surface area contributed by atoms with Crippen LogP contribution in [0, 0.1) is 0 Å². The van der Waals surface area contributed by atoms with Crippen LogP contribution >= 0.6 is 11.8 Å². The van der Waals surface area contributed by atoms with Crippen LogP contribution in [0.3, 0.4) is 0 Å². The number of hydrogen-bond acceptors (Lipinski definition) is 8. The zero-order valence-corrected chi connectivity index (χ0v) is 19.7. The Bertz CT molecular complexity index is 1360. The lowest BCUT2D eigenvalue weighted by molar-refractivity contribution is 0.0730. The summed E-state index contributed by atoms with van der Waals surface area (Å²) in [4.78, 5) is 4.96. The van der Waals surface area contributed by atoms with Gasteiger partial charge in [0.1, 0.15) is 0 Å². The van der Waals surface area contributed by atoms with Gasteiger partial charge in [-0.05, 0) is 37.3 Å². The smallest absolute Gasteiger partial charge is 0.247 e. The molecule has 1 aliphatic rings. The third-order valence-corrected chi connectivity index (χ3v) is 8.28. The van der Waals surface area contributed by atoms with Crippen molar-refractivity contribution in [3.05, 3.63) is 54.4 Å². The standard InChI is InChI=1S/C22H23N5O4S2/c1-2-27-19-9-8-17(33(28,29)26-10-12-30-13-11-26)14-18(19)23-22(27)32-15-20-24-25-21(31-20)16-6-4-3-5-7-16/h3-9,14H,2,10-13,15H2,1H3. The normalized spacial score (nSPS) is 15.3. The summed E-state index contributed by atoms with van der Waals surface area (Å²) in [6.07, 6.45) is 0. The Kier molecular flexibility index (Phi) is 6.19. The number of imidazole rings is 1. The first-order chi connectivity index (χ1) is 16.1. The minimum absolute atomic E-state index is 0.249. The molecule has 0 atom stereocenters. The van der Waals surface area contributed by atoms with Gasteiger partial charge in [0.05, 0.1) is 34.9 Å². The van der Waals surface area contributed by atoms with Crippen LogP contribution in [0.15, 0.2) is 63.0 Å². The molecule has 1 fully saturated rings. The molecule has 4 aromatic rings. The van der Waals surface area contributed by atoms with Crippen LogP contribution in [0.1, 0.15) is 12.8 Å². The maximum absolute atomic E-state index is 13.0. The molecule has 0 bridgehead atoms. The number of ether oxygens (including phenoxy) is 1. The lowest BCUT2D eigenvalue weighted by atomic mass is 10.2. The lowest BCUT2D eigenvalue weighted by Gasteiger charge is -2.26. The monoisotopic (exact) mass is 485 g/mol. The molecule has 2 aromatic carbocycles. The van der Waals surface area contributed by atoms with Crippen molar-refractivity contribution in [1.82, 2.24) is 24.1 Å². The van der Waals surface area contributed by atoms with Gasteiger partial charge in [-0.2, -0.15) is 4.31 Å². The molecule has 1 aliphatic heterocycles. The molecule has 33 heavy (non-hydrogen) atoms. The summed E-state index contributed by atoms with van der Waals surface area (Å²) in [6, 6.07) is 14.7. The van der Waals surface area contributed by atoms with E-state index >= 15 is 0 Å². The van der Waals surface area contributed by atoms with E-state index in [1.165, 1.54) is 16.1 Å². The Labute approximate surface area is 195 Å². The molecule has 0 spiro atoms. The molecule has 0 amide bonds. The van der Waals surface area contributed by atoms with Gasteiger partial charge in [0, 0.05) is 25.2 Å². The van der Waals surface area contributed by atoms with Crippen LogP contribution in [-0.2, 0) is 27.1 Å². The number of thioether (sulfide) groups is 1.